The normalized spacial score (nSPS) is 19.6. The number of carbonyl (C=O) groups is 1. The van der Waals surface area contributed by atoms with Crippen LogP contribution in [0.5, 0.6) is 0 Å². The number of nitrogens with zero attached hydrogens (tertiary/aromatic N) is 2. The first-order chi connectivity index (χ1) is 8.28. The molecule has 0 aliphatic carbocycles. The highest BCUT2D eigenvalue weighted by molar-refractivity contribution is 9.10. The van der Waals surface area contributed by atoms with Crippen molar-refractivity contribution in [2.75, 3.05) is 0 Å². The monoisotopic (exact) mass is 315 g/mol. The summed E-state index contributed by atoms with van der Waals surface area (Å²) in [6.07, 6.45) is 0.512. The minimum atomic E-state index is -0.467. The Morgan fingerprint density at radius 2 is 2.22 bits per heavy atom. The molecular weight excluding hydrogens is 298 g/mol. The van der Waals surface area contributed by atoms with E-state index in [1.54, 1.807) is 4.90 Å². The van der Waals surface area contributed by atoms with Crippen LogP contribution in [0.3, 0.4) is 0 Å². The van der Waals surface area contributed by atoms with Crippen LogP contribution in [0.25, 0.3) is 0 Å². The maximum Gasteiger partial charge on any atom is 0.410 e. The van der Waals surface area contributed by atoms with Crippen molar-refractivity contribution < 1.29 is 9.53 Å². The number of H-pyrrole nitrogens is 1. The number of amides is 1. The van der Waals surface area contributed by atoms with Gasteiger partial charge in [-0.3, -0.25) is 10.00 Å². The highest BCUT2D eigenvalue weighted by Crippen LogP contribution is 2.28. The number of aromatic amines is 1. The first-order valence-corrected chi connectivity index (χ1v) is 6.78. The minimum Gasteiger partial charge on any atom is -0.444 e. The van der Waals surface area contributed by atoms with Crippen molar-refractivity contribution in [3.8, 4) is 0 Å². The molecule has 0 spiro atoms. The van der Waals surface area contributed by atoms with Gasteiger partial charge in [-0.25, -0.2) is 4.79 Å². The average Bonchev–Trinajstić information content (AvgIpc) is 2.56. The molecule has 0 saturated heterocycles. The maximum atomic E-state index is 12.1. The van der Waals surface area contributed by atoms with Crippen molar-refractivity contribution in [1.29, 1.82) is 0 Å². The Morgan fingerprint density at radius 3 is 2.83 bits per heavy atom. The zero-order chi connectivity index (χ0) is 13.5. The van der Waals surface area contributed by atoms with Crippen LogP contribution < -0.4 is 0 Å². The van der Waals surface area contributed by atoms with Gasteiger partial charge in [-0.15, -0.1) is 0 Å². The molecule has 0 radical (unpaired) electrons. The molecule has 1 aromatic rings. The van der Waals surface area contributed by atoms with E-state index in [9.17, 15) is 4.79 Å². The summed E-state index contributed by atoms with van der Waals surface area (Å²) in [7, 11) is 0. The summed E-state index contributed by atoms with van der Waals surface area (Å²) >= 11 is 3.41. The summed E-state index contributed by atoms with van der Waals surface area (Å²) in [6, 6.07) is 0.112. The fourth-order valence-electron chi connectivity index (χ4n) is 2.01. The fraction of sp³-hybridized carbons (Fsp3) is 0.667. The lowest BCUT2D eigenvalue weighted by Crippen LogP contribution is -2.45. The third-order valence-corrected chi connectivity index (χ3v) is 3.55. The molecule has 1 aromatic heterocycles. The molecule has 0 aromatic carbocycles. The molecular formula is C12H18BrN3O2. The standard InChI is InChI=1S/C12H18BrN3O2/c1-7-5-8-9(14-15-10(8)13)6-16(7)11(17)18-12(2,3)4/h7H,5-6H2,1-4H3,(H,14,15). The Morgan fingerprint density at radius 1 is 1.56 bits per heavy atom. The van der Waals surface area contributed by atoms with Gasteiger partial charge in [-0.1, -0.05) is 0 Å². The lowest BCUT2D eigenvalue weighted by Gasteiger charge is -2.34. The van der Waals surface area contributed by atoms with Crippen LogP contribution in [0.2, 0.25) is 0 Å². The Balaban J connectivity index is 2.15. The summed E-state index contributed by atoms with van der Waals surface area (Å²) in [5.74, 6) is 0. The molecule has 1 aliphatic heterocycles. The van der Waals surface area contributed by atoms with Crippen LogP contribution in [0.15, 0.2) is 4.60 Å². The second-order valence-corrected chi connectivity index (χ2v) is 6.38. The highest BCUT2D eigenvalue weighted by atomic mass is 79.9. The molecule has 1 aliphatic rings. The van der Waals surface area contributed by atoms with Gasteiger partial charge in [0.05, 0.1) is 12.2 Å². The van der Waals surface area contributed by atoms with Crippen molar-refractivity contribution >= 4 is 22.0 Å². The largest absolute Gasteiger partial charge is 0.444 e. The zero-order valence-electron chi connectivity index (χ0n) is 11.1. The number of hydrogen-bond acceptors (Lipinski definition) is 3. The number of hydrogen-bond donors (Lipinski definition) is 1. The average molecular weight is 316 g/mol. The summed E-state index contributed by atoms with van der Waals surface area (Å²) in [5.41, 5.74) is 1.67. The molecule has 0 bridgehead atoms. The predicted octanol–water partition coefficient (Wildman–Crippen LogP) is 2.85. The quantitative estimate of drug-likeness (QED) is 0.801. The van der Waals surface area contributed by atoms with E-state index in [1.807, 2.05) is 27.7 Å². The molecule has 5 nitrogen and oxygen atoms in total. The first-order valence-electron chi connectivity index (χ1n) is 5.99. The van der Waals surface area contributed by atoms with Crippen LogP contribution >= 0.6 is 15.9 Å². The summed E-state index contributed by atoms with van der Waals surface area (Å²) < 4.78 is 6.25. The number of halogens is 1. The molecule has 1 amide bonds. The van der Waals surface area contributed by atoms with Crippen LogP contribution in [-0.2, 0) is 17.7 Å². The third-order valence-electron chi connectivity index (χ3n) is 2.89. The van der Waals surface area contributed by atoms with Gasteiger partial charge in [0, 0.05) is 11.6 Å². The van der Waals surface area contributed by atoms with Crippen LogP contribution in [0.1, 0.15) is 39.0 Å². The number of carbonyl (C=O) groups excluding carboxylic acids is 1. The molecule has 2 heterocycles. The molecule has 1 unspecified atom stereocenters. The van der Waals surface area contributed by atoms with E-state index >= 15 is 0 Å². The SMILES string of the molecule is CC1Cc2c(Br)n[nH]c2CN1C(=O)OC(C)(C)C. The van der Waals surface area contributed by atoms with Crippen molar-refractivity contribution in [2.45, 2.75) is 52.3 Å². The van der Waals surface area contributed by atoms with Gasteiger partial charge in [-0.2, -0.15) is 5.10 Å². The number of fused-ring (bicyclic) bond motifs is 1. The predicted molar refractivity (Wildman–Crippen MR) is 71.2 cm³/mol. The molecule has 18 heavy (non-hydrogen) atoms. The van der Waals surface area contributed by atoms with Crippen LogP contribution in [0.4, 0.5) is 4.79 Å². The van der Waals surface area contributed by atoms with Crippen molar-refractivity contribution in [3.63, 3.8) is 0 Å². The van der Waals surface area contributed by atoms with Crippen molar-refractivity contribution in [1.82, 2.24) is 15.1 Å². The molecule has 2 rings (SSSR count). The molecule has 0 saturated carbocycles. The van der Waals surface area contributed by atoms with Crippen molar-refractivity contribution in [3.05, 3.63) is 15.9 Å². The first kappa shape index (κ1) is 13.4. The van der Waals surface area contributed by atoms with Crippen molar-refractivity contribution in [2.24, 2.45) is 0 Å². The van der Waals surface area contributed by atoms with E-state index in [2.05, 4.69) is 26.1 Å². The van der Waals surface area contributed by atoms with E-state index in [4.69, 9.17) is 4.74 Å². The Hall–Kier alpha value is -1.04. The lowest BCUT2D eigenvalue weighted by atomic mass is 10.0. The van der Waals surface area contributed by atoms with Gasteiger partial charge < -0.3 is 4.74 Å². The zero-order valence-corrected chi connectivity index (χ0v) is 12.7. The van der Waals surface area contributed by atoms with Crippen LogP contribution in [-0.4, -0.2) is 32.8 Å². The van der Waals surface area contributed by atoms with Gasteiger partial charge in [0.2, 0.25) is 0 Å². The third kappa shape index (κ3) is 2.68. The van der Waals surface area contributed by atoms with Crippen LogP contribution in [0, 0.1) is 0 Å². The molecule has 1 atom stereocenters. The number of aromatic nitrogens is 2. The van der Waals surface area contributed by atoms with Gasteiger partial charge in [0.1, 0.15) is 10.2 Å². The highest BCUT2D eigenvalue weighted by Gasteiger charge is 2.32. The fourth-order valence-corrected chi connectivity index (χ4v) is 2.50. The van der Waals surface area contributed by atoms with E-state index in [0.29, 0.717) is 6.54 Å². The van der Waals surface area contributed by atoms with E-state index in [1.165, 1.54) is 0 Å². The van der Waals surface area contributed by atoms with E-state index in [0.717, 1.165) is 22.3 Å². The number of rotatable bonds is 0. The molecule has 1 N–H and O–H groups in total. The molecule has 100 valence electrons. The Labute approximate surface area is 115 Å². The van der Waals surface area contributed by atoms with Gasteiger partial charge in [-0.05, 0) is 50.0 Å². The Bertz CT molecular complexity index is 464. The molecule has 0 fully saturated rings. The van der Waals surface area contributed by atoms with Gasteiger partial charge >= 0.3 is 6.09 Å². The Kier molecular flexibility index (Phi) is 3.40. The van der Waals surface area contributed by atoms with Gasteiger partial charge in [0.25, 0.3) is 0 Å². The maximum absolute atomic E-state index is 12.1. The smallest absolute Gasteiger partial charge is 0.410 e. The summed E-state index contributed by atoms with van der Waals surface area (Å²) in [6.45, 7) is 8.16. The lowest BCUT2D eigenvalue weighted by molar-refractivity contribution is 0.0135. The number of nitrogens with one attached hydrogen (secondary N) is 1. The van der Waals surface area contributed by atoms with E-state index in [-0.39, 0.29) is 12.1 Å². The summed E-state index contributed by atoms with van der Waals surface area (Å²) in [5, 5.41) is 7.06. The molecule has 6 heteroatoms. The second kappa shape index (κ2) is 4.57. The topological polar surface area (TPSA) is 58.2 Å². The number of ether oxygens (including phenoxy) is 1. The second-order valence-electron chi connectivity index (χ2n) is 5.63. The summed E-state index contributed by atoms with van der Waals surface area (Å²) in [4.78, 5) is 13.8. The van der Waals surface area contributed by atoms with Gasteiger partial charge in [0.15, 0.2) is 0 Å². The van der Waals surface area contributed by atoms with E-state index < -0.39 is 5.60 Å². The minimum absolute atomic E-state index is 0.112.